The highest BCUT2D eigenvalue weighted by Gasteiger charge is 2.32. The first-order chi connectivity index (χ1) is 6.59. The van der Waals surface area contributed by atoms with Gasteiger partial charge in [0.1, 0.15) is 5.76 Å². The standard InChI is InChI=1S/C12H17FO/c1-7-6-10-5-4-8(2)14-12(10)11(13)9(7)3/h8,10H,4-6H2,1-3H3. The molecule has 0 radical (unpaired) electrons. The Morgan fingerprint density at radius 1 is 1.29 bits per heavy atom. The molecule has 0 bridgehead atoms. The van der Waals surface area contributed by atoms with Gasteiger partial charge in [-0.25, -0.2) is 4.39 Å². The van der Waals surface area contributed by atoms with Gasteiger partial charge in [-0.1, -0.05) is 5.57 Å². The quantitative estimate of drug-likeness (QED) is 0.573. The molecule has 1 saturated heterocycles. The Labute approximate surface area is 84.6 Å². The topological polar surface area (TPSA) is 9.23 Å². The van der Waals surface area contributed by atoms with Gasteiger partial charge in [-0.3, -0.25) is 0 Å². The summed E-state index contributed by atoms with van der Waals surface area (Å²) in [6, 6.07) is 0. The molecule has 1 heterocycles. The molecule has 0 spiro atoms. The van der Waals surface area contributed by atoms with Crippen molar-refractivity contribution in [2.24, 2.45) is 5.92 Å². The van der Waals surface area contributed by atoms with Crippen LogP contribution in [0, 0.1) is 5.92 Å². The average Bonchev–Trinajstić information content (AvgIpc) is 2.16. The van der Waals surface area contributed by atoms with Crippen LogP contribution in [-0.2, 0) is 4.74 Å². The first-order valence-corrected chi connectivity index (χ1v) is 5.32. The molecular weight excluding hydrogens is 179 g/mol. The first kappa shape index (κ1) is 9.75. The maximum absolute atomic E-state index is 13.8. The van der Waals surface area contributed by atoms with Crippen molar-refractivity contribution in [3.8, 4) is 0 Å². The van der Waals surface area contributed by atoms with Crippen LogP contribution in [0.3, 0.4) is 0 Å². The Hall–Kier alpha value is -0.790. The first-order valence-electron chi connectivity index (χ1n) is 5.32. The molecule has 2 atom stereocenters. The lowest BCUT2D eigenvalue weighted by Gasteiger charge is -2.34. The summed E-state index contributed by atoms with van der Waals surface area (Å²) in [6.07, 6.45) is 3.27. The van der Waals surface area contributed by atoms with Gasteiger partial charge in [0.15, 0.2) is 5.83 Å². The Kier molecular flexibility index (Phi) is 2.38. The minimum Gasteiger partial charge on any atom is -0.492 e. The summed E-state index contributed by atoms with van der Waals surface area (Å²) in [7, 11) is 0. The van der Waals surface area contributed by atoms with Gasteiger partial charge >= 0.3 is 0 Å². The summed E-state index contributed by atoms with van der Waals surface area (Å²) in [4.78, 5) is 0. The van der Waals surface area contributed by atoms with Gasteiger partial charge in [0.2, 0.25) is 0 Å². The van der Waals surface area contributed by atoms with Crippen LogP contribution in [0.4, 0.5) is 4.39 Å². The van der Waals surface area contributed by atoms with Gasteiger partial charge in [-0.15, -0.1) is 0 Å². The maximum Gasteiger partial charge on any atom is 0.163 e. The summed E-state index contributed by atoms with van der Waals surface area (Å²) in [5, 5.41) is 0. The van der Waals surface area contributed by atoms with Crippen LogP contribution < -0.4 is 0 Å². The van der Waals surface area contributed by atoms with Crippen LogP contribution in [0.5, 0.6) is 0 Å². The fourth-order valence-electron chi connectivity index (χ4n) is 2.26. The molecule has 0 amide bonds. The van der Waals surface area contributed by atoms with Gasteiger partial charge in [-0.05, 0) is 45.6 Å². The lowest BCUT2D eigenvalue weighted by Crippen LogP contribution is -2.25. The summed E-state index contributed by atoms with van der Waals surface area (Å²) in [5.41, 5.74) is 1.96. The van der Waals surface area contributed by atoms with Crippen LogP contribution in [0.1, 0.15) is 40.0 Å². The van der Waals surface area contributed by atoms with E-state index >= 15 is 0 Å². The third-order valence-electron chi connectivity index (χ3n) is 3.36. The van der Waals surface area contributed by atoms with Crippen molar-refractivity contribution in [2.75, 3.05) is 0 Å². The van der Waals surface area contributed by atoms with Crippen molar-refractivity contribution in [3.63, 3.8) is 0 Å². The molecule has 1 fully saturated rings. The molecule has 1 nitrogen and oxygen atoms in total. The van der Waals surface area contributed by atoms with Crippen molar-refractivity contribution in [1.29, 1.82) is 0 Å². The van der Waals surface area contributed by atoms with Gasteiger partial charge in [0.25, 0.3) is 0 Å². The molecule has 2 rings (SSSR count). The second-order valence-electron chi connectivity index (χ2n) is 4.49. The minimum absolute atomic E-state index is 0.106. The number of halogens is 1. The molecule has 0 aromatic rings. The van der Waals surface area contributed by atoms with Crippen LogP contribution in [0.15, 0.2) is 22.7 Å². The predicted octanol–water partition coefficient (Wildman–Crippen LogP) is 3.72. The van der Waals surface area contributed by atoms with Crippen LogP contribution in [0.25, 0.3) is 0 Å². The van der Waals surface area contributed by atoms with Crippen molar-refractivity contribution < 1.29 is 9.13 Å². The minimum atomic E-state index is -0.106. The second-order valence-corrected chi connectivity index (χ2v) is 4.49. The van der Waals surface area contributed by atoms with E-state index in [4.69, 9.17) is 4.74 Å². The highest BCUT2D eigenvalue weighted by atomic mass is 19.1. The van der Waals surface area contributed by atoms with Crippen LogP contribution >= 0.6 is 0 Å². The van der Waals surface area contributed by atoms with E-state index in [1.54, 1.807) is 0 Å². The average molecular weight is 196 g/mol. The Bertz CT molecular complexity index is 314. The van der Waals surface area contributed by atoms with E-state index in [2.05, 4.69) is 0 Å². The highest BCUT2D eigenvalue weighted by Crippen LogP contribution is 2.41. The van der Waals surface area contributed by atoms with E-state index in [0.29, 0.717) is 11.7 Å². The van der Waals surface area contributed by atoms with Crippen molar-refractivity contribution in [1.82, 2.24) is 0 Å². The van der Waals surface area contributed by atoms with Gasteiger partial charge in [-0.2, -0.15) is 0 Å². The van der Waals surface area contributed by atoms with E-state index in [1.165, 1.54) is 5.57 Å². The second kappa shape index (κ2) is 3.41. The van der Waals surface area contributed by atoms with E-state index in [9.17, 15) is 4.39 Å². The Morgan fingerprint density at radius 2 is 2.00 bits per heavy atom. The largest absolute Gasteiger partial charge is 0.492 e. The molecule has 0 N–H and O–H groups in total. The smallest absolute Gasteiger partial charge is 0.163 e. The Morgan fingerprint density at radius 3 is 2.71 bits per heavy atom. The molecule has 1 aliphatic carbocycles. The predicted molar refractivity (Wildman–Crippen MR) is 54.4 cm³/mol. The molecule has 2 unspecified atom stereocenters. The number of fused-ring (bicyclic) bond motifs is 1. The fraction of sp³-hybridized carbons (Fsp3) is 0.667. The summed E-state index contributed by atoms with van der Waals surface area (Å²) in [5.74, 6) is 0.812. The monoisotopic (exact) mass is 196 g/mol. The fourth-order valence-corrected chi connectivity index (χ4v) is 2.26. The Balaban J connectivity index is 2.34. The SMILES string of the molecule is CC1=C(C)C(F)=C2OC(C)CCC2C1. The number of allylic oxidation sites excluding steroid dienone is 4. The normalized spacial score (nSPS) is 32.9. The van der Waals surface area contributed by atoms with Gasteiger partial charge in [0, 0.05) is 5.92 Å². The zero-order chi connectivity index (χ0) is 10.3. The molecule has 78 valence electrons. The lowest BCUT2D eigenvalue weighted by atomic mass is 9.83. The maximum atomic E-state index is 13.8. The zero-order valence-corrected chi connectivity index (χ0v) is 9.06. The molecule has 0 saturated carbocycles. The molecule has 2 aliphatic rings. The molecule has 0 aromatic heterocycles. The van der Waals surface area contributed by atoms with E-state index in [-0.39, 0.29) is 11.9 Å². The number of hydrogen-bond acceptors (Lipinski definition) is 1. The summed E-state index contributed by atoms with van der Waals surface area (Å²) < 4.78 is 19.4. The van der Waals surface area contributed by atoms with Crippen LogP contribution in [-0.4, -0.2) is 6.10 Å². The highest BCUT2D eigenvalue weighted by molar-refractivity contribution is 5.36. The van der Waals surface area contributed by atoms with Crippen molar-refractivity contribution in [2.45, 2.75) is 46.1 Å². The molecule has 1 aliphatic heterocycles. The molecular formula is C12H17FO. The van der Waals surface area contributed by atoms with Gasteiger partial charge in [0.05, 0.1) is 6.10 Å². The van der Waals surface area contributed by atoms with E-state index < -0.39 is 0 Å². The van der Waals surface area contributed by atoms with E-state index in [1.807, 2.05) is 20.8 Å². The molecule has 2 heteroatoms. The summed E-state index contributed by atoms with van der Waals surface area (Å²) in [6.45, 7) is 5.87. The van der Waals surface area contributed by atoms with Crippen molar-refractivity contribution in [3.05, 3.63) is 22.7 Å². The van der Waals surface area contributed by atoms with E-state index in [0.717, 1.165) is 24.8 Å². The molecule has 14 heavy (non-hydrogen) atoms. The number of hydrogen-bond donors (Lipinski definition) is 0. The summed E-state index contributed by atoms with van der Waals surface area (Å²) >= 11 is 0. The number of rotatable bonds is 0. The third-order valence-corrected chi connectivity index (χ3v) is 3.36. The van der Waals surface area contributed by atoms with Gasteiger partial charge < -0.3 is 4.74 Å². The van der Waals surface area contributed by atoms with Crippen molar-refractivity contribution >= 4 is 0 Å². The molecule has 0 aromatic carbocycles. The zero-order valence-electron chi connectivity index (χ0n) is 9.06. The lowest BCUT2D eigenvalue weighted by molar-refractivity contribution is 0.0501. The van der Waals surface area contributed by atoms with Crippen LogP contribution in [0.2, 0.25) is 0 Å². The number of ether oxygens (including phenoxy) is 1. The third kappa shape index (κ3) is 1.47.